The molecule has 0 radical (unpaired) electrons. The molecule has 1 aromatic rings. The van der Waals surface area contributed by atoms with Gasteiger partial charge in [0.1, 0.15) is 24.0 Å². The maximum Gasteiger partial charge on any atom is 0.242 e. The summed E-state index contributed by atoms with van der Waals surface area (Å²) in [6, 6.07) is 6.06. The minimum absolute atomic E-state index is 0. The predicted molar refractivity (Wildman–Crippen MR) is 106 cm³/mol. The van der Waals surface area contributed by atoms with Crippen molar-refractivity contribution in [3.63, 3.8) is 0 Å². The summed E-state index contributed by atoms with van der Waals surface area (Å²) in [7, 11) is -2.33. The van der Waals surface area contributed by atoms with Crippen LogP contribution in [0.1, 0.15) is 25.8 Å². The third kappa shape index (κ3) is 4.74. The number of carbonyl (C=O) groups excluding carboxylic acids is 1. The Hall–Kier alpha value is -1.89. The molecule has 1 amide bonds. The number of rotatable bonds is 6. The molecule has 0 spiro atoms. The SMILES string of the molecule is COc1ccc(CS(=O)(=O)C(C)(C)[C@H](N)C(=O)N2CC(F)CC2C#N)cc1.Cl. The molecule has 7 nitrogen and oxygen atoms in total. The van der Waals surface area contributed by atoms with Crippen molar-refractivity contribution in [3.05, 3.63) is 29.8 Å². The number of halogens is 2. The molecular formula is C18H25ClFN3O4S. The predicted octanol–water partition coefficient (Wildman–Crippen LogP) is 1.60. The van der Waals surface area contributed by atoms with Gasteiger partial charge in [-0.1, -0.05) is 12.1 Å². The summed E-state index contributed by atoms with van der Waals surface area (Å²) < 4.78 is 42.9. The molecular weight excluding hydrogens is 409 g/mol. The fourth-order valence-electron chi connectivity index (χ4n) is 2.95. The summed E-state index contributed by atoms with van der Waals surface area (Å²) in [5, 5.41) is 9.11. The number of methoxy groups -OCH3 is 1. The van der Waals surface area contributed by atoms with Gasteiger partial charge in [-0.25, -0.2) is 12.8 Å². The second-order valence-electron chi connectivity index (χ2n) is 7.16. The molecule has 1 aliphatic rings. The van der Waals surface area contributed by atoms with E-state index >= 15 is 0 Å². The van der Waals surface area contributed by atoms with Gasteiger partial charge in [-0.15, -0.1) is 12.4 Å². The van der Waals surface area contributed by atoms with Crippen molar-refractivity contribution in [2.24, 2.45) is 5.73 Å². The highest BCUT2D eigenvalue weighted by Crippen LogP contribution is 2.28. The molecule has 2 N–H and O–H groups in total. The molecule has 1 saturated heterocycles. The number of likely N-dealkylation sites (tertiary alicyclic amines) is 1. The zero-order valence-corrected chi connectivity index (χ0v) is 17.6. The lowest BCUT2D eigenvalue weighted by atomic mass is 10.0. The average Bonchev–Trinajstić information content (AvgIpc) is 3.01. The smallest absolute Gasteiger partial charge is 0.242 e. The van der Waals surface area contributed by atoms with Crippen LogP contribution in [0.5, 0.6) is 5.75 Å². The van der Waals surface area contributed by atoms with Crippen LogP contribution in [-0.2, 0) is 20.4 Å². The third-order valence-corrected chi connectivity index (χ3v) is 7.58. The zero-order valence-electron chi connectivity index (χ0n) is 16.0. The second-order valence-corrected chi connectivity index (χ2v) is 9.73. The lowest BCUT2D eigenvalue weighted by molar-refractivity contribution is -0.133. The topological polar surface area (TPSA) is 113 Å². The summed E-state index contributed by atoms with van der Waals surface area (Å²) in [5.41, 5.74) is 6.53. The van der Waals surface area contributed by atoms with E-state index < -0.39 is 38.7 Å². The van der Waals surface area contributed by atoms with Crippen molar-refractivity contribution in [3.8, 4) is 11.8 Å². The highest BCUT2D eigenvalue weighted by molar-refractivity contribution is 7.92. The Bertz CT molecular complexity index is 839. The maximum atomic E-state index is 13.6. The molecule has 1 aliphatic heterocycles. The van der Waals surface area contributed by atoms with Crippen LogP contribution in [0.2, 0.25) is 0 Å². The van der Waals surface area contributed by atoms with Crippen LogP contribution in [0.25, 0.3) is 0 Å². The fraction of sp³-hybridized carbons (Fsp3) is 0.556. The first-order chi connectivity index (χ1) is 12.5. The highest BCUT2D eigenvalue weighted by atomic mass is 35.5. The van der Waals surface area contributed by atoms with E-state index in [1.165, 1.54) is 21.0 Å². The molecule has 10 heteroatoms. The van der Waals surface area contributed by atoms with Gasteiger partial charge in [0.05, 0.1) is 30.2 Å². The van der Waals surface area contributed by atoms with Crippen LogP contribution in [0.3, 0.4) is 0 Å². The van der Waals surface area contributed by atoms with Gasteiger partial charge < -0.3 is 15.4 Å². The van der Waals surface area contributed by atoms with Crippen LogP contribution in [0, 0.1) is 11.3 Å². The van der Waals surface area contributed by atoms with Gasteiger partial charge in [0.15, 0.2) is 9.84 Å². The first kappa shape index (κ1) is 24.1. The summed E-state index contributed by atoms with van der Waals surface area (Å²) in [6.45, 7) is 2.50. The Morgan fingerprint density at radius 3 is 2.50 bits per heavy atom. The van der Waals surface area contributed by atoms with Gasteiger partial charge >= 0.3 is 0 Å². The first-order valence-electron chi connectivity index (χ1n) is 8.48. The van der Waals surface area contributed by atoms with Crippen molar-refractivity contribution in [1.29, 1.82) is 5.26 Å². The van der Waals surface area contributed by atoms with E-state index in [1.807, 2.05) is 6.07 Å². The number of nitriles is 1. The largest absolute Gasteiger partial charge is 0.497 e. The van der Waals surface area contributed by atoms with E-state index in [1.54, 1.807) is 24.3 Å². The van der Waals surface area contributed by atoms with Crippen LogP contribution in [0.15, 0.2) is 24.3 Å². The number of nitrogens with zero attached hydrogens (tertiary/aromatic N) is 2. The van der Waals surface area contributed by atoms with E-state index in [9.17, 15) is 17.6 Å². The molecule has 3 atom stereocenters. The van der Waals surface area contributed by atoms with Gasteiger partial charge in [-0.3, -0.25) is 4.79 Å². The van der Waals surface area contributed by atoms with E-state index in [0.29, 0.717) is 11.3 Å². The fourth-order valence-corrected chi connectivity index (χ4v) is 4.44. The minimum atomic E-state index is -3.83. The number of ether oxygens (including phenoxy) is 1. The van der Waals surface area contributed by atoms with Gasteiger partial charge in [0.2, 0.25) is 5.91 Å². The van der Waals surface area contributed by atoms with Crippen LogP contribution < -0.4 is 10.5 Å². The molecule has 0 aliphatic carbocycles. The summed E-state index contributed by atoms with van der Waals surface area (Å²) in [4.78, 5) is 13.7. The van der Waals surface area contributed by atoms with E-state index in [-0.39, 0.29) is 31.1 Å². The number of nitrogens with two attached hydrogens (primary N) is 1. The van der Waals surface area contributed by atoms with Gasteiger partial charge in [0, 0.05) is 6.42 Å². The van der Waals surface area contributed by atoms with Gasteiger partial charge in [-0.05, 0) is 31.5 Å². The normalized spacial score (nSPS) is 20.8. The minimum Gasteiger partial charge on any atom is -0.497 e. The Labute approximate surface area is 171 Å². The summed E-state index contributed by atoms with van der Waals surface area (Å²) >= 11 is 0. The summed E-state index contributed by atoms with van der Waals surface area (Å²) in [6.07, 6.45) is -1.40. The van der Waals surface area contributed by atoms with E-state index in [0.717, 1.165) is 4.90 Å². The molecule has 156 valence electrons. The van der Waals surface area contributed by atoms with E-state index in [2.05, 4.69) is 0 Å². The zero-order chi connectivity index (χ0) is 20.4. The molecule has 28 heavy (non-hydrogen) atoms. The molecule has 2 unspecified atom stereocenters. The lowest BCUT2D eigenvalue weighted by Crippen LogP contribution is -2.59. The van der Waals surface area contributed by atoms with Crippen molar-refractivity contribution in [2.45, 2.75) is 49.0 Å². The molecule has 0 bridgehead atoms. The molecule has 1 heterocycles. The molecule has 0 aromatic heterocycles. The Morgan fingerprint density at radius 1 is 1.43 bits per heavy atom. The second kappa shape index (κ2) is 9.07. The molecule has 1 aromatic carbocycles. The Balaban J connectivity index is 0.00000392. The number of carbonyl (C=O) groups is 1. The quantitative estimate of drug-likeness (QED) is 0.728. The van der Waals surface area contributed by atoms with Crippen molar-refractivity contribution in [1.82, 2.24) is 4.90 Å². The Morgan fingerprint density at radius 2 is 2.00 bits per heavy atom. The maximum absolute atomic E-state index is 13.6. The van der Waals surface area contributed by atoms with Crippen molar-refractivity contribution < 1.29 is 22.3 Å². The first-order valence-corrected chi connectivity index (χ1v) is 10.1. The molecule has 1 fully saturated rings. The van der Waals surface area contributed by atoms with Crippen molar-refractivity contribution in [2.75, 3.05) is 13.7 Å². The number of amides is 1. The Kier molecular flexibility index (Phi) is 7.82. The third-order valence-electron chi connectivity index (χ3n) is 5.01. The number of alkyl halides is 1. The standard InChI is InChI=1S/C18H24FN3O4S.ClH/c1-18(2,16(21)17(23)22-10-13(19)8-14(22)9-20)27(24,25)11-12-4-6-15(26-3)7-5-12;/h4-7,13-14,16H,8,10-11,21H2,1-3H3;1H/t13?,14?,16-;/m1./s1. The van der Waals surface area contributed by atoms with E-state index in [4.69, 9.17) is 15.7 Å². The van der Waals surface area contributed by atoms with Gasteiger partial charge in [0.25, 0.3) is 0 Å². The number of sulfone groups is 1. The number of benzene rings is 1. The molecule has 2 rings (SSSR count). The summed E-state index contributed by atoms with van der Waals surface area (Å²) in [5.74, 6) is -0.442. The van der Waals surface area contributed by atoms with Crippen molar-refractivity contribution >= 4 is 28.2 Å². The number of hydrogen-bond acceptors (Lipinski definition) is 6. The van der Waals surface area contributed by atoms with Crippen LogP contribution >= 0.6 is 12.4 Å². The number of hydrogen-bond donors (Lipinski definition) is 1. The van der Waals surface area contributed by atoms with Crippen LogP contribution in [-0.4, -0.2) is 55.9 Å². The lowest BCUT2D eigenvalue weighted by Gasteiger charge is -2.33. The molecule has 0 saturated carbocycles. The average molecular weight is 434 g/mol. The van der Waals surface area contributed by atoms with Gasteiger partial charge in [-0.2, -0.15) is 5.26 Å². The monoisotopic (exact) mass is 433 g/mol. The van der Waals surface area contributed by atoms with Crippen LogP contribution in [0.4, 0.5) is 4.39 Å². The highest BCUT2D eigenvalue weighted by Gasteiger charge is 2.47.